The van der Waals surface area contributed by atoms with Gasteiger partial charge in [0.2, 0.25) is 0 Å². The van der Waals surface area contributed by atoms with Gasteiger partial charge in [-0.05, 0) is 109 Å². The predicted octanol–water partition coefficient (Wildman–Crippen LogP) is 6.38. The van der Waals surface area contributed by atoms with Crippen molar-refractivity contribution < 1.29 is 15.3 Å². The number of benzene rings is 3. The Bertz CT molecular complexity index is 1390. The lowest BCUT2D eigenvalue weighted by atomic mass is 9.43. The molecule has 7 rings (SSSR count). The minimum atomic E-state index is -2.12. The summed E-state index contributed by atoms with van der Waals surface area (Å²) in [6, 6.07) is 33.3. The zero-order chi connectivity index (χ0) is 30.7. The molecular weight excluding hydrogens is 559 g/mol. The number of aliphatic hydroxyl groups is 3. The van der Waals surface area contributed by atoms with Crippen LogP contribution in [-0.4, -0.2) is 39.4 Å². The van der Waals surface area contributed by atoms with Crippen LogP contribution in [0.4, 0.5) is 0 Å². The average Bonchev–Trinajstić information content (AvgIpc) is 3.41. The maximum absolute atomic E-state index is 12.3. The summed E-state index contributed by atoms with van der Waals surface area (Å²) in [5.41, 5.74) is -0.148. The van der Waals surface area contributed by atoms with Crippen molar-refractivity contribution in [2.24, 2.45) is 46.3 Å². The third kappa shape index (κ3) is 4.64. The Hall–Kier alpha value is -2.16. The van der Waals surface area contributed by atoms with Gasteiger partial charge < -0.3 is 15.3 Å². The Morgan fingerprint density at radius 1 is 0.705 bits per heavy atom. The minimum absolute atomic E-state index is 0.0931. The Labute approximate surface area is 264 Å². The van der Waals surface area contributed by atoms with Crippen LogP contribution in [0, 0.1) is 46.3 Å². The van der Waals surface area contributed by atoms with Gasteiger partial charge in [0.05, 0.1) is 18.3 Å². The minimum Gasteiger partial charge on any atom is -0.393 e. The fraction of sp³-hybridized carbons (Fsp3) is 0.525. The summed E-state index contributed by atoms with van der Waals surface area (Å²) >= 11 is 0. The molecule has 3 N–H and O–H groups in total. The SMILES string of the molecule is C[C@H](C=P(c1ccccc1)(c1ccccc1)c1ccccc1)[C@H]1CC[C@H]2[C@@H]3[C@H](O)C[C@@H]4C[C@H](O)CC[C@]4(C)[C@H]3C[C@H](O)[C@]12C. The van der Waals surface area contributed by atoms with Crippen molar-refractivity contribution in [1.82, 2.24) is 0 Å². The van der Waals surface area contributed by atoms with Gasteiger partial charge in [0.15, 0.2) is 0 Å². The van der Waals surface area contributed by atoms with E-state index >= 15 is 0 Å². The summed E-state index contributed by atoms with van der Waals surface area (Å²) in [5, 5.41) is 38.6. The Kier molecular flexibility index (Phi) is 8.02. The average molecular weight is 611 g/mol. The van der Waals surface area contributed by atoms with Crippen molar-refractivity contribution in [3.8, 4) is 0 Å². The van der Waals surface area contributed by atoms with Crippen LogP contribution in [0.1, 0.15) is 65.7 Å². The molecule has 4 fully saturated rings. The zero-order valence-electron chi connectivity index (χ0n) is 26.7. The highest BCUT2D eigenvalue weighted by molar-refractivity contribution is 7.94. The molecule has 234 valence electrons. The summed E-state index contributed by atoms with van der Waals surface area (Å²) in [7, 11) is 0. The molecule has 0 unspecified atom stereocenters. The van der Waals surface area contributed by atoms with Crippen LogP contribution < -0.4 is 15.9 Å². The molecule has 0 aliphatic heterocycles. The van der Waals surface area contributed by atoms with Gasteiger partial charge in [-0.3, -0.25) is 0 Å². The summed E-state index contributed by atoms with van der Waals surface area (Å²) in [6.07, 6.45) is 5.42. The third-order valence-electron chi connectivity index (χ3n) is 13.4. The van der Waals surface area contributed by atoms with Gasteiger partial charge in [-0.15, -0.1) is 0 Å². The van der Waals surface area contributed by atoms with E-state index in [1.165, 1.54) is 15.9 Å². The van der Waals surface area contributed by atoms with E-state index in [4.69, 9.17) is 0 Å². The highest BCUT2D eigenvalue weighted by Crippen LogP contribution is 2.68. The lowest BCUT2D eigenvalue weighted by molar-refractivity contribution is -0.205. The van der Waals surface area contributed by atoms with Crippen LogP contribution in [0.2, 0.25) is 0 Å². The molecule has 44 heavy (non-hydrogen) atoms. The van der Waals surface area contributed by atoms with Gasteiger partial charge in [-0.25, -0.2) is 0 Å². The van der Waals surface area contributed by atoms with Crippen LogP contribution in [0.15, 0.2) is 91.0 Å². The second-order valence-electron chi connectivity index (χ2n) is 15.3. The second kappa shape index (κ2) is 11.6. The molecule has 3 aromatic carbocycles. The molecule has 4 saturated carbocycles. The van der Waals surface area contributed by atoms with E-state index in [2.05, 4.69) is 118 Å². The smallest absolute Gasteiger partial charge is 0.0602 e. The second-order valence-corrected chi connectivity index (χ2v) is 18.6. The Morgan fingerprint density at radius 3 is 1.80 bits per heavy atom. The van der Waals surface area contributed by atoms with Gasteiger partial charge in [0, 0.05) is 5.41 Å². The van der Waals surface area contributed by atoms with Crippen molar-refractivity contribution in [3.05, 3.63) is 91.0 Å². The molecule has 0 aromatic heterocycles. The fourth-order valence-electron chi connectivity index (χ4n) is 11.2. The number of rotatable bonds is 5. The first kappa shape index (κ1) is 30.5. The first-order chi connectivity index (χ1) is 21.2. The molecule has 0 heterocycles. The standard InChI is InChI=1S/C40H51O3P/c1-27(26-44(30-13-7-4-8-14-30,31-15-9-5-10-16-31)32-17-11-6-12-18-32)33-19-20-34-38-35(25-37(43)40(33,34)3)39(2)22-21-29(41)23-28(39)24-36(38)42/h4-18,26-29,33-38,41-43H,19-25H2,1-3H3/t27-,28+,29-,33-,34+,35+,36-,37+,38+,39+,40-/m1/s1. The van der Waals surface area contributed by atoms with Crippen LogP contribution in [0.25, 0.3) is 0 Å². The molecule has 4 aliphatic rings. The van der Waals surface area contributed by atoms with Gasteiger partial charge in [0.1, 0.15) is 0 Å². The van der Waals surface area contributed by atoms with E-state index in [0.717, 1.165) is 44.9 Å². The van der Waals surface area contributed by atoms with E-state index in [-0.39, 0.29) is 41.0 Å². The first-order valence-electron chi connectivity index (χ1n) is 17.2. The molecular formula is C40H51O3P. The van der Waals surface area contributed by atoms with E-state index in [1.807, 2.05) is 0 Å². The third-order valence-corrected chi connectivity index (χ3v) is 17.7. The van der Waals surface area contributed by atoms with Gasteiger partial charge >= 0.3 is 0 Å². The first-order valence-corrected chi connectivity index (χ1v) is 19.0. The van der Waals surface area contributed by atoms with Crippen molar-refractivity contribution in [3.63, 3.8) is 0 Å². The van der Waals surface area contributed by atoms with Crippen LogP contribution in [0.5, 0.6) is 0 Å². The molecule has 0 bridgehead atoms. The summed E-state index contributed by atoms with van der Waals surface area (Å²) in [4.78, 5) is 0. The lowest BCUT2D eigenvalue weighted by Crippen LogP contribution is -2.62. The largest absolute Gasteiger partial charge is 0.393 e. The van der Waals surface area contributed by atoms with Gasteiger partial charge in [-0.1, -0.05) is 118 Å². The molecule has 3 aromatic rings. The van der Waals surface area contributed by atoms with E-state index in [0.29, 0.717) is 23.7 Å². The number of hydrogen-bond donors (Lipinski definition) is 3. The molecule has 4 heteroatoms. The highest BCUT2D eigenvalue weighted by Gasteiger charge is 2.65. The monoisotopic (exact) mass is 610 g/mol. The van der Waals surface area contributed by atoms with Crippen molar-refractivity contribution in [2.75, 3.05) is 0 Å². The van der Waals surface area contributed by atoms with Gasteiger partial charge in [-0.2, -0.15) is 0 Å². The quantitative estimate of drug-likeness (QED) is 0.294. The van der Waals surface area contributed by atoms with E-state index in [9.17, 15) is 15.3 Å². The van der Waals surface area contributed by atoms with E-state index in [1.54, 1.807) is 0 Å². The van der Waals surface area contributed by atoms with Crippen LogP contribution in [0.3, 0.4) is 0 Å². The Morgan fingerprint density at radius 2 is 1.25 bits per heavy atom. The molecule has 11 atom stereocenters. The molecule has 3 nitrogen and oxygen atoms in total. The van der Waals surface area contributed by atoms with Crippen molar-refractivity contribution in [2.45, 2.75) is 84.0 Å². The molecule has 4 aliphatic carbocycles. The molecule has 0 radical (unpaired) electrons. The fourth-order valence-corrected chi connectivity index (χ4v) is 15.5. The summed E-state index contributed by atoms with van der Waals surface area (Å²) < 4.78 is 0. The molecule has 0 saturated heterocycles. The van der Waals surface area contributed by atoms with Gasteiger partial charge in [0.25, 0.3) is 0 Å². The zero-order valence-corrected chi connectivity index (χ0v) is 27.6. The topological polar surface area (TPSA) is 60.7 Å². The van der Waals surface area contributed by atoms with Crippen molar-refractivity contribution >= 4 is 28.6 Å². The number of hydrogen-bond acceptors (Lipinski definition) is 3. The predicted molar refractivity (Wildman–Crippen MR) is 184 cm³/mol. The lowest BCUT2D eigenvalue weighted by Gasteiger charge is -2.63. The maximum atomic E-state index is 12.3. The number of aliphatic hydroxyl groups excluding tert-OH is 3. The molecule has 0 spiro atoms. The van der Waals surface area contributed by atoms with E-state index < -0.39 is 6.89 Å². The maximum Gasteiger partial charge on any atom is 0.0602 e. The van der Waals surface area contributed by atoms with Crippen LogP contribution >= 0.6 is 6.89 Å². The van der Waals surface area contributed by atoms with Crippen LogP contribution in [-0.2, 0) is 0 Å². The summed E-state index contributed by atoms with van der Waals surface area (Å²) in [5.74, 6) is 4.53. The Balaban J connectivity index is 1.32. The highest BCUT2D eigenvalue weighted by atomic mass is 31.2. The normalized spacial score (nSPS) is 39.0. The molecule has 0 amide bonds. The van der Waals surface area contributed by atoms with Crippen molar-refractivity contribution in [1.29, 1.82) is 0 Å². The number of fused-ring (bicyclic) bond motifs is 5. The summed E-state index contributed by atoms with van der Waals surface area (Å²) in [6.45, 7) is 5.09.